The van der Waals surface area contributed by atoms with E-state index in [1.54, 1.807) is 49.0 Å². The first-order chi connectivity index (χ1) is 8.83. The zero-order valence-corrected chi connectivity index (χ0v) is 9.54. The first kappa shape index (κ1) is 10.7. The highest BCUT2D eigenvalue weighted by Crippen LogP contribution is 2.13. The Kier molecular flexibility index (Phi) is 2.61. The van der Waals surface area contributed by atoms with Crippen molar-refractivity contribution in [2.75, 3.05) is 0 Å². The molecule has 0 radical (unpaired) electrons. The van der Waals surface area contributed by atoms with E-state index in [0.717, 1.165) is 11.0 Å². The van der Waals surface area contributed by atoms with Crippen LogP contribution >= 0.6 is 0 Å². The van der Waals surface area contributed by atoms with Gasteiger partial charge in [-0.25, -0.2) is 0 Å². The molecule has 0 spiro atoms. The fraction of sp³-hybridized carbons (Fsp3) is 0.0714. The molecule has 4 heteroatoms. The molecular formula is C14H10N2O2. The highest BCUT2D eigenvalue weighted by molar-refractivity contribution is 5.99. The van der Waals surface area contributed by atoms with Crippen molar-refractivity contribution in [2.45, 2.75) is 6.42 Å². The molecule has 0 aliphatic heterocycles. The van der Waals surface area contributed by atoms with Crippen LogP contribution in [-0.4, -0.2) is 15.8 Å². The summed E-state index contributed by atoms with van der Waals surface area (Å²) in [6.45, 7) is 0. The zero-order chi connectivity index (χ0) is 12.4. The van der Waals surface area contributed by atoms with E-state index in [-0.39, 0.29) is 12.2 Å². The standard InChI is InChI=1S/C14H10N2O2/c17-14(9-11-2-1-7-18-11)10-3-4-12-13(8-10)16-6-5-15-12/h1-8H,9H2. The Bertz CT molecular complexity index is 690. The molecule has 0 bridgehead atoms. The molecule has 0 aliphatic rings. The van der Waals surface area contributed by atoms with Gasteiger partial charge in [0, 0.05) is 18.0 Å². The molecule has 0 unspecified atom stereocenters. The maximum absolute atomic E-state index is 12.0. The van der Waals surface area contributed by atoms with Gasteiger partial charge in [-0.1, -0.05) is 0 Å². The number of benzene rings is 1. The minimum Gasteiger partial charge on any atom is -0.469 e. The van der Waals surface area contributed by atoms with Gasteiger partial charge in [0.2, 0.25) is 0 Å². The summed E-state index contributed by atoms with van der Waals surface area (Å²) in [5, 5.41) is 0. The van der Waals surface area contributed by atoms with Crippen molar-refractivity contribution in [1.29, 1.82) is 0 Å². The molecule has 0 fully saturated rings. The molecule has 3 rings (SSSR count). The van der Waals surface area contributed by atoms with Gasteiger partial charge in [0.15, 0.2) is 5.78 Å². The molecule has 88 valence electrons. The first-order valence-corrected chi connectivity index (χ1v) is 5.59. The normalized spacial score (nSPS) is 10.7. The molecular weight excluding hydrogens is 228 g/mol. The highest BCUT2D eigenvalue weighted by Gasteiger charge is 2.09. The lowest BCUT2D eigenvalue weighted by Gasteiger charge is -2.01. The molecule has 3 aromatic rings. The van der Waals surface area contributed by atoms with E-state index in [1.807, 2.05) is 0 Å². The summed E-state index contributed by atoms with van der Waals surface area (Å²) >= 11 is 0. The van der Waals surface area contributed by atoms with E-state index in [0.29, 0.717) is 11.3 Å². The SMILES string of the molecule is O=C(Cc1ccco1)c1ccc2nccnc2c1. The predicted octanol–water partition coefficient (Wildman–Crippen LogP) is 2.65. The van der Waals surface area contributed by atoms with Crippen LogP contribution in [0.3, 0.4) is 0 Å². The Morgan fingerprint density at radius 2 is 1.94 bits per heavy atom. The lowest BCUT2D eigenvalue weighted by Crippen LogP contribution is -2.02. The minimum absolute atomic E-state index is 0.0116. The van der Waals surface area contributed by atoms with Gasteiger partial charge in [-0.2, -0.15) is 0 Å². The number of nitrogens with zero attached hydrogens (tertiary/aromatic N) is 2. The maximum Gasteiger partial charge on any atom is 0.170 e. The number of carbonyl (C=O) groups is 1. The molecule has 0 amide bonds. The van der Waals surface area contributed by atoms with Crippen molar-refractivity contribution in [3.05, 3.63) is 60.3 Å². The van der Waals surface area contributed by atoms with Crippen LogP contribution in [0.25, 0.3) is 11.0 Å². The second-order valence-electron chi connectivity index (χ2n) is 3.94. The third kappa shape index (κ3) is 2.00. The number of hydrogen-bond acceptors (Lipinski definition) is 4. The van der Waals surface area contributed by atoms with E-state index in [9.17, 15) is 4.79 Å². The van der Waals surface area contributed by atoms with Gasteiger partial charge in [0.25, 0.3) is 0 Å². The average molecular weight is 238 g/mol. The summed E-state index contributed by atoms with van der Waals surface area (Å²) in [5.41, 5.74) is 2.13. The Morgan fingerprint density at radius 1 is 1.11 bits per heavy atom. The molecule has 0 saturated carbocycles. The van der Waals surface area contributed by atoms with Crippen molar-refractivity contribution in [3.8, 4) is 0 Å². The van der Waals surface area contributed by atoms with Crippen LogP contribution in [0.4, 0.5) is 0 Å². The van der Waals surface area contributed by atoms with Crippen LogP contribution in [-0.2, 0) is 6.42 Å². The summed E-state index contributed by atoms with van der Waals surface area (Å²) in [4.78, 5) is 20.4. The average Bonchev–Trinajstić information content (AvgIpc) is 2.91. The third-order valence-corrected chi connectivity index (χ3v) is 2.71. The van der Waals surface area contributed by atoms with Crippen LogP contribution < -0.4 is 0 Å². The van der Waals surface area contributed by atoms with Gasteiger partial charge in [-0.05, 0) is 30.3 Å². The molecule has 0 aliphatic carbocycles. The largest absolute Gasteiger partial charge is 0.469 e. The quantitative estimate of drug-likeness (QED) is 0.658. The van der Waals surface area contributed by atoms with Crippen molar-refractivity contribution in [1.82, 2.24) is 9.97 Å². The van der Waals surface area contributed by atoms with Crippen LogP contribution in [0.5, 0.6) is 0 Å². The highest BCUT2D eigenvalue weighted by atomic mass is 16.3. The number of ketones is 1. The molecule has 2 heterocycles. The smallest absolute Gasteiger partial charge is 0.170 e. The Balaban J connectivity index is 1.92. The second kappa shape index (κ2) is 4.41. The Morgan fingerprint density at radius 3 is 2.72 bits per heavy atom. The maximum atomic E-state index is 12.0. The molecule has 4 nitrogen and oxygen atoms in total. The third-order valence-electron chi connectivity index (χ3n) is 2.71. The molecule has 2 aromatic heterocycles. The minimum atomic E-state index is 0.0116. The van der Waals surface area contributed by atoms with E-state index in [2.05, 4.69) is 9.97 Å². The number of rotatable bonds is 3. The molecule has 18 heavy (non-hydrogen) atoms. The van der Waals surface area contributed by atoms with Crippen LogP contribution in [0.2, 0.25) is 0 Å². The molecule has 0 saturated heterocycles. The van der Waals surface area contributed by atoms with E-state index >= 15 is 0 Å². The van der Waals surface area contributed by atoms with E-state index in [4.69, 9.17) is 4.42 Å². The van der Waals surface area contributed by atoms with E-state index < -0.39 is 0 Å². The number of aromatic nitrogens is 2. The molecule has 0 atom stereocenters. The Labute approximate surface area is 103 Å². The fourth-order valence-corrected chi connectivity index (χ4v) is 1.81. The molecule has 0 N–H and O–H groups in total. The summed E-state index contributed by atoms with van der Waals surface area (Å²) in [6, 6.07) is 8.89. The van der Waals surface area contributed by atoms with Gasteiger partial charge < -0.3 is 4.42 Å². The number of hydrogen-bond donors (Lipinski definition) is 0. The van der Waals surface area contributed by atoms with Crippen molar-refractivity contribution >= 4 is 16.8 Å². The number of furan rings is 1. The van der Waals surface area contributed by atoms with Crippen LogP contribution in [0, 0.1) is 0 Å². The van der Waals surface area contributed by atoms with Crippen LogP contribution in [0.15, 0.2) is 53.4 Å². The first-order valence-electron chi connectivity index (χ1n) is 5.59. The summed E-state index contributed by atoms with van der Waals surface area (Å²) in [5.74, 6) is 0.678. The zero-order valence-electron chi connectivity index (χ0n) is 9.54. The number of Topliss-reactive ketones (excluding diaryl/α,β-unsaturated/α-hetero) is 1. The monoisotopic (exact) mass is 238 g/mol. The summed E-state index contributed by atoms with van der Waals surface area (Å²) in [7, 11) is 0. The Hall–Kier alpha value is -2.49. The van der Waals surface area contributed by atoms with Gasteiger partial charge in [-0.15, -0.1) is 0 Å². The van der Waals surface area contributed by atoms with Crippen molar-refractivity contribution in [2.24, 2.45) is 0 Å². The van der Waals surface area contributed by atoms with Gasteiger partial charge >= 0.3 is 0 Å². The van der Waals surface area contributed by atoms with Crippen LogP contribution in [0.1, 0.15) is 16.1 Å². The van der Waals surface area contributed by atoms with E-state index in [1.165, 1.54) is 0 Å². The van der Waals surface area contributed by atoms with Gasteiger partial charge in [0.05, 0.1) is 23.7 Å². The van der Waals surface area contributed by atoms with Crippen molar-refractivity contribution < 1.29 is 9.21 Å². The van der Waals surface area contributed by atoms with Gasteiger partial charge in [-0.3, -0.25) is 14.8 Å². The second-order valence-corrected chi connectivity index (χ2v) is 3.94. The lowest BCUT2D eigenvalue weighted by atomic mass is 10.1. The topological polar surface area (TPSA) is 56.0 Å². The summed E-state index contributed by atoms with van der Waals surface area (Å²) < 4.78 is 5.16. The number of carbonyl (C=O) groups excluding carboxylic acids is 1. The van der Waals surface area contributed by atoms with Crippen molar-refractivity contribution in [3.63, 3.8) is 0 Å². The molecule has 1 aromatic carbocycles. The lowest BCUT2D eigenvalue weighted by molar-refractivity contribution is 0.0987. The number of fused-ring (bicyclic) bond motifs is 1. The van der Waals surface area contributed by atoms with Gasteiger partial charge in [0.1, 0.15) is 5.76 Å². The fourth-order valence-electron chi connectivity index (χ4n) is 1.81. The predicted molar refractivity (Wildman–Crippen MR) is 66.3 cm³/mol. The summed E-state index contributed by atoms with van der Waals surface area (Å²) in [6.07, 6.45) is 5.07.